The number of amides is 1. The van der Waals surface area contributed by atoms with Gasteiger partial charge in [-0.3, -0.25) is 4.79 Å². The van der Waals surface area contributed by atoms with Crippen LogP contribution in [0.4, 0.5) is 4.39 Å². The van der Waals surface area contributed by atoms with E-state index in [9.17, 15) is 9.18 Å². The first-order valence-electron chi connectivity index (χ1n) is 7.09. The van der Waals surface area contributed by atoms with Gasteiger partial charge in [-0.1, -0.05) is 11.6 Å². The third-order valence-corrected chi connectivity index (χ3v) is 3.98. The van der Waals surface area contributed by atoms with Crippen molar-refractivity contribution in [3.05, 3.63) is 29.0 Å². The minimum atomic E-state index is -0.649. The van der Waals surface area contributed by atoms with Crippen LogP contribution in [0.3, 0.4) is 0 Å². The molecule has 1 aliphatic heterocycles. The molecule has 4 nitrogen and oxygen atoms in total. The average Bonchev–Trinajstić information content (AvgIpc) is 2.49. The Balaban J connectivity index is 0.00000242. The third-order valence-electron chi connectivity index (χ3n) is 3.69. The number of likely N-dealkylation sites (tertiary alicyclic amines) is 1. The number of hydrogen-bond donors (Lipinski definition) is 1. The molecule has 0 spiro atoms. The van der Waals surface area contributed by atoms with Crippen molar-refractivity contribution >= 4 is 29.9 Å². The summed E-state index contributed by atoms with van der Waals surface area (Å²) in [7, 11) is 1.90. The van der Waals surface area contributed by atoms with Crippen molar-refractivity contribution in [3.63, 3.8) is 0 Å². The maximum Gasteiger partial charge on any atom is 0.263 e. The Hall–Kier alpha value is -1.04. The van der Waals surface area contributed by atoms with Gasteiger partial charge < -0.3 is 15.0 Å². The Morgan fingerprint density at radius 1 is 1.55 bits per heavy atom. The first kappa shape index (κ1) is 19.0. The van der Waals surface area contributed by atoms with Crippen molar-refractivity contribution in [2.24, 2.45) is 0 Å². The zero-order chi connectivity index (χ0) is 15.4. The van der Waals surface area contributed by atoms with Crippen LogP contribution >= 0.6 is 24.0 Å². The van der Waals surface area contributed by atoms with Crippen LogP contribution < -0.4 is 10.1 Å². The number of likely N-dealkylation sites (N-methyl/N-ethyl adjacent to an activating group) is 1. The number of halogens is 3. The van der Waals surface area contributed by atoms with E-state index in [1.165, 1.54) is 18.2 Å². The molecule has 0 aliphatic carbocycles. The van der Waals surface area contributed by atoms with Crippen LogP contribution in [0.15, 0.2) is 18.2 Å². The summed E-state index contributed by atoms with van der Waals surface area (Å²) in [5.74, 6) is -0.185. The van der Waals surface area contributed by atoms with Crippen molar-refractivity contribution < 1.29 is 13.9 Å². The van der Waals surface area contributed by atoms with E-state index in [1.54, 1.807) is 11.8 Å². The fourth-order valence-electron chi connectivity index (χ4n) is 2.48. The van der Waals surface area contributed by atoms with Crippen molar-refractivity contribution in [1.82, 2.24) is 10.2 Å². The molecule has 2 atom stereocenters. The first-order chi connectivity index (χ1) is 10.0. The molecule has 2 unspecified atom stereocenters. The molecule has 7 heteroatoms. The van der Waals surface area contributed by atoms with E-state index in [4.69, 9.17) is 16.3 Å². The van der Waals surface area contributed by atoms with E-state index in [0.29, 0.717) is 18.3 Å². The molecule has 0 saturated carbocycles. The Labute approximate surface area is 141 Å². The van der Waals surface area contributed by atoms with Gasteiger partial charge in [0.2, 0.25) is 0 Å². The highest BCUT2D eigenvalue weighted by molar-refractivity contribution is 6.32. The number of carbonyl (C=O) groups is 1. The molecular formula is C15H21Cl2FN2O2. The molecule has 1 N–H and O–H groups in total. The first-order valence-corrected chi connectivity index (χ1v) is 7.47. The van der Waals surface area contributed by atoms with Gasteiger partial charge in [0.1, 0.15) is 11.6 Å². The maximum absolute atomic E-state index is 13.0. The second-order valence-corrected chi connectivity index (χ2v) is 5.65. The Morgan fingerprint density at radius 2 is 2.27 bits per heavy atom. The lowest BCUT2D eigenvalue weighted by Crippen LogP contribution is -2.50. The van der Waals surface area contributed by atoms with Gasteiger partial charge in [0.15, 0.2) is 6.10 Å². The summed E-state index contributed by atoms with van der Waals surface area (Å²) in [5.41, 5.74) is 0. The highest BCUT2D eigenvalue weighted by atomic mass is 35.5. The van der Waals surface area contributed by atoms with Crippen LogP contribution in [0.1, 0.15) is 19.8 Å². The molecule has 2 rings (SSSR count). The zero-order valence-electron chi connectivity index (χ0n) is 12.6. The van der Waals surface area contributed by atoms with Gasteiger partial charge in [-0.05, 0) is 45.0 Å². The lowest BCUT2D eigenvalue weighted by atomic mass is 10.1. The summed E-state index contributed by atoms with van der Waals surface area (Å²) in [5, 5.41) is 3.36. The van der Waals surface area contributed by atoms with E-state index in [1.807, 2.05) is 7.05 Å². The van der Waals surface area contributed by atoms with Gasteiger partial charge >= 0.3 is 0 Å². The van der Waals surface area contributed by atoms with E-state index < -0.39 is 11.9 Å². The highest BCUT2D eigenvalue weighted by Crippen LogP contribution is 2.26. The molecule has 1 fully saturated rings. The average molecular weight is 351 g/mol. The summed E-state index contributed by atoms with van der Waals surface area (Å²) in [6.45, 7) is 3.10. The van der Waals surface area contributed by atoms with Crippen LogP contribution in [-0.2, 0) is 4.79 Å². The van der Waals surface area contributed by atoms with Crippen molar-refractivity contribution in [2.75, 3.05) is 20.1 Å². The number of nitrogens with one attached hydrogen (secondary N) is 1. The van der Waals surface area contributed by atoms with Crippen LogP contribution in [0.2, 0.25) is 5.02 Å². The topological polar surface area (TPSA) is 41.6 Å². The molecule has 0 bridgehead atoms. The molecule has 1 aromatic carbocycles. The molecule has 22 heavy (non-hydrogen) atoms. The number of piperidine rings is 1. The molecule has 0 aromatic heterocycles. The summed E-state index contributed by atoms with van der Waals surface area (Å²) >= 11 is 5.91. The van der Waals surface area contributed by atoms with E-state index in [-0.39, 0.29) is 23.3 Å². The molecule has 0 radical (unpaired) electrons. The van der Waals surface area contributed by atoms with Gasteiger partial charge in [0, 0.05) is 19.1 Å². The third kappa shape index (κ3) is 4.73. The number of nitrogens with zero attached hydrogens (tertiary/aromatic N) is 1. The molecule has 1 aromatic rings. The minimum Gasteiger partial charge on any atom is -0.479 e. The fourth-order valence-corrected chi connectivity index (χ4v) is 2.69. The summed E-state index contributed by atoms with van der Waals surface area (Å²) in [6, 6.07) is 4.19. The predicted octanol–water partition coefficient (Wildman–Crippen LogP) is 2.88. The number of rotatable bonds is 4. The fraction of sp³-hybridized carbons (Fsp3) is 0.533. The molecular weight excluding hydrogens is 330 g/mol. The van der Waals surface area contributed by atoms with Crippen molar-refractivity contribution in [2.45, 2.75) is 31.9 Å². The van der Waals surface area contributed by atoms with Gasteiger partial charge in [-0.2, -0.15) is 0 Å². The number of hydrogen-bond acceptors (Lipinski definition) is 3. The lowest BCUT2D eigenvalue weighted by molar-refractivity contribution is -0.139. The number of benzene rings is 1. The minimum absolute atomic E-state index is 0. The van der Waals surface area contributed by atoms with Crippen LogP contribution in [0.25, 0.3) is 0 Å². The van der Waals surface area contributed by atoms with Gasteiger partial charge in [-0.15, -0.1) is 12.4 Å². The highest BCUT2D eigenvalue weighted by Gasteiger charge is 2.27. The number of carbonyl (C=O) groups excluding carboxylic acids is 1. The van der Waals surface area contributed by atoms with E-state index in [0.717, 1.165) is 19.4 Å². The summed E-state index contributed by atoms with van der Waals surface area (Å²) in [6.07, 6.45) is 1.39. The van der Waals surface area contributed by atoms with Crippen LogP contribution in [0.5, 0.6) is 5.75 Å². The molecule has 1 heterocycles. The van der Waals surface area contributed by atoms with Crippen LogP contribution in [0, 0.1) is 5.82 Å². The normalized spacial score (nSPS) is 19.3. The quantitative estimate of drug-likeness (QED) is 0.907. The largest absolute Gasteiger partial charge is 0.479 e. The SMILES string of the molecule is CNC1CCCN(C(=O)C(C)Oc2ccc(F)cc2Cl)C1.Cl. The zero-order valence-corrected chi connectivity index (χ0v) is 14.2. The van der Waals surface area contributed by atoms with E-state index >= 15 is 0 Å². The second-order valence-electron chi connectivity index (χ2n) is 5.25. The second kappa shape index (κ2) is 8.56. The lowest BCUT2D eigenvalue weighted by Gasteiger charge is -2.34. The van der Waals surface area contributed by atoms with Gasteiger partial charge in [0.25, 0.3) is 5.91 Å². The van der Waals surface area contributed by atoms with E-state index in [2.05, 4.69) is 5.32 Å². The summed E-state index contributed by atoms with van der Waals surface area (Å²) in [4.78, 5) is 14.2. The van der Waals surface area contributed by atoms with Crippen molar-refractivity contribution in [3.8, 4) is 5.75 Å². The number of ether oxygens (including phenoxy) is 1. The smallest absolute Gasteiger partial charge is 0.263 e. The Bertz CT molecular complexity index is 516. The molecule has 1 saturated heterocycles. The van der Waals surface area contributed by atoms with Gasteiger partial charge in [0.05, 0.1) is 5.02 Å². The van der Waals surface area contributed by atoms with Gasteiger partial charge in [-0.25, -0.2) is 4.39 Å². The molecule has 1 amide bonds. The predicted molar refractivity (Wildman–Crippen MR) is 87.4 cm³/mol. The Morgan fingerprint density at radius 3 is 2.91 bits per heavy atom. The molecule has 1 aliphatic rings. The monoisotopic (exact) mass is 350 g/mol. The molecule has 124 valence electrons. The van der Waals surface area contributed by atoms with Crippen LogP contribution in [-0.4, -0.2) is 43.1 Å². The Kier molecular flexibility index (Phi) is 7.39. The standard InChI is InChI=1S/C15H20ClFN2O2.ClH/c1-10(21-14-6-5-11(17)8-13(14)16)15(20)19-7-3-4-12(9-19)18-2;/h5-6,8,10,12,18H,3-4,7,9H2,1-2H3;1H. The van der Waals surface area contributed by atoms with Crippen molar-refractivity contribution in [1.29, 1.82) is 0 Å². The summed E-state index contributed by atoms with van der Waals surface area (Å²) < 4.78 is 18.6. The maximum atomic E-state index is 13.0.